The molecule has 0 fully saturated rings. The number of hydrogen-bond acceptors (Lipinski definition) is 2. The molecule has 2 nitrogen and oxygen atoms in total. The maximum atomic E-state index is 9.82. The van der Waals surface area contributed by atoms with Gasteiger partial charge in [0.2, 0.25) is 0 Å². The van der Waals surface area contributed by atoms with Gasteiger partial charge >= 0.3 is 0 Å². The highest BCUT2D eigenvalue weighted by Gasteiger charge is 2.23. The highest BCUT2D eigenvalue weighted by Crippen LogP contribution is 2.13. The lowest BCUT2D eigenvalue weighted by Crippen LogP contribution is -2.46. The van der Waals surface area contributed by atoms with E-state index in [1.54, 1.807) is 0 Å². The van der Waals surface area contributed by atoms with Gasteiger partial charge in [0.1, 0.15) is 0 Å². The van der Waals surface area contributed by atoms with Crippen molar-refractivity contribution in [2.45, 2.75) is 66.2 Å². The maximum Gasteiger partial charge on any atom is 0.0690 e. The molecule has 0 radical (unpaired) electrons. The first kappa shape index (κ1) is 13.9. The molecule has 0 saturated heterocycles. The third kappa shape index (κ3) is 4.43. The molecule has 0 aliphatic heterocycles. The predicted molar refractivity (Wildman–Crippen MR) is 62.4 cm³/mol. The third-order valence-corrected chi connectivity index (χ3v) is 2.74. The topological polar surface area (TPSA) is 23.5 Å². The molecule has 0 heterocycles. The molecule has 2 atom stereocenters. The molecule has 0 amide bonds. The van der Waals surface area contributed by atoms with E-state index in [0.717, 1.165) is 13.0 Å². The normalized spacial score (nSPS) is 16.7. The molecule has 0 aromatic carbocycles. The van der Waals surface area contributed by atoms with E-state index >= 15 is 0 Å². The lowest BCUT2D eigenvalue weighted by atomic mass is 10.0. The van der Waals surface area contributed by atoms with Crippen molar-refractivity contribution in [3.63, 3.8) is 0 Å². The summed E-state index contributed by atoms with van der Waals surface area (Å²) in [6.07, 6.45) is 0.638. The minimum Gasteiger partial charge on any atom is -0.392 e. The van der Waals surface area contributed by atoms with E-state index in [4.69, 9.17) is 0 Å². The molecular weight excluding hydrogens is 174 g/mol. The third-order valence-electron chi connectivity index (χ3n) is 2.74. The van der Waals surface area contributed by atoms with Gasteiger partial charge in [-0.15, -0.1) is 0 Å². The van der Waals surface area contributed by atoms with E-state index in [0.29, 0.717) is 12.0 Å². The van der Waals surface area contributed by atoms with Gasteiger partial charge in [0.25, 0.3) is 0 Å². The van der Waals surface area contributed by atoms with E-state index in [2.05, 4.69) is 39.5 Å². The van der Waals surface area contributed by atoms with Gasteiger partial charge in [0.05, 0.1) is 6.10 Å². The first-order chi connectivity index (χ1) is 6.40. The number of nitrogens with zero attached hydrogens (tertiary/aromatic N) is 1. The average molecular weight is 201 g/mol. The Balaban J connectivity index is 4.32. The Kier molecular flexibility index (Phi) is 6.38. The Labute approximate surface area is 89.3 Å². The van der Waals surface area contributed by atoms with Crippen molar-refractivity contribution >= 4 is 0 Å². The molecule has 2 unspecified atom stereocenters. The minimum atomic E-state index is -0.198. The van der Waals surface area contributed by atoms with Crippen molar-refractivity contribution in [2.24, 2.45) is 5.92 Å². The zero-order valence-corrected chi connectivity index (χ0v) is 10.6. The fraction of sp³-hybridized carbons (Fsp3) is 1.00. The molecule has 2 heteroatoms. The van der Waals surface area contributed by atoms with Crippen LogP contribution in [0.4, 0.5) is 0 Å². The predicted octanol–water partition coefficient (Wildman–Crippen LogP) is 2.51. The lowest BCUT2D eigenvalue weighted by molar-refractivity contribution is 0.0322. The number of hydrogen-bond donors (Lipinski definition) is 1. The van der Waals surface area contributed by atoms with Crippen LogP contribution in [0, 0.1) is 5.92 Å². The van der Waals surface area contributed by atoms with E-state index in [1.807, 2.05) is 6.92 Å². The second-order valence-electron chi connectivity index (χ2n) is 4.90. The standard InChI is InChI=1S/C12H27NO/c1-7-12(14)11(6)13(10(4)5)8-9(2)3/h9-12,14H,7-8H2,1-6H3. The molecule has 0 aromatic heterocycles. The molecule has 0 aliphatic carbocycles. The fourth-order valence-electron chi connectivity index (χ4n) is 1.83. The van der Waals surface area contributed by atoms with Crippen LogP contribution in [0.5, 0.6) is 0 Å². The summed E-state index contributed by atoms with van der Waals surface area (Å²) >= 11 is 0. The van der Waals surface area contributed by atoms with Crippen LogP contribution in [0.15, 0.2) is 0 Å². The second-order valence-corrected chi connectivity index (χ2v) is 4.90. The van der Waals surface area contributed by atoms with Crippen molar-refractivity contribution in [2.75, 3.05) is 6.54 Å². The van der Waals surface area contributed by atoms with Gasteiger partial charge in [-0.05, 0) is 33.1 Å². The van der Waals surface area contributed by atoms with Crippen molar-refractivity contribution in [1.82, 2.24) is 4.90 Å². The number of aliphatic hydroxyl groups is 1. The van der Waals surface area contributed by atoms with Gasteiger partial charge in [0, 0.05) is 18.6 Å². The fourth-order valence-corrected chi connectivity index (χ4v) is 1.83. The molecular formula is C12H27NO. The van der Waals surface area contributed by atoms with Crippen LogP contribution in [0.1, 0.15) is 48.0 Å². The van der Waals surface area contributed by atoms with Crippen LogP contribution in [0.3, 0.4) is 0 Å². The monoisotopic (exact) mass is 201 g/mol. The zero-order valence-electron chi connectivity index (χ0n) is 10.6. The van der Waals surface area contributed by atoms with Crippen molar-refractivity contribution in [1.29, 1.82) is 0 Å². The highest BCUT2D eigenvalue weighted by atomic mass is 16.3. The summed E-state index contributed by atoms with van der Waals surface area (Å²) < 4.78 is 0. The summed E-state index contributed by atoms with van der Waals surface area (Å²) in [6, 6.07) is 0.774. The minimum absolute atomic E-state index is 0.198. The van der Waals surface area contributed by atoms with Crippen LogP contribution < -0.4 is 0 Å². The molecule has 0 rings (SSSR count). The molecule has 0 aliphatic rings. The first-order valence-corrected chi connectivity index (χ1v) is 5.83. The van der Waals surface area contributed by atoms with Gasteiger partial charge < -0.3 is 5.11 Å². The van der Waals surface area contributed by atoms with Crippen molar-refractivity contribution < 1.29 is 5.11 Å². The summed E-state index contributed by atoms with van der Waals surface area (Å²) in [5, 5.41) is 9.82. The Morgan fingerprint density at radius 1 is 1.07 bits per heavy atom. The second kappa shape index (κ2) is 6.41. The van der Waals surface area contributed by atoms with E-state index in [9.17, 15) is 5.11 Å². The van der Waals surface area contributed by atoms with Crippen molar-refractivity contribution in [3.8, 4) is 0 Å². The first-order valence-electron chi connectivity index (χ1n) is 5.83. The molecule has 0 spiro atoms. The van der Waals surface area contributed by atoms with Gasteiger partial charge in [-0.25, -0.2) is 0 Å². The summed E-state index contributed by atoms with van der Waals surface area (Å²) in [5.41, 5.74) is 0. The summed E-state index contributed by atoms with van der Waals surface area (Å²) in [4.78, 5) is 2.39. The van der Waals surface area contributed by atoms with E-state index < -0.39 is 0 Å². The summed E-state index contributed by atoms with van der Waals surface area (Å²) in [5.74, 6) is 0.656. The van der Waals surface area contributed by atoms with Crippen LogP contribution in [0.25, 0.3) is 0 Å². The summed E-state index contributed by atoms with van der Waals surface area (Å²) in [7, 11) is 0. The molecule has 1 N–H and O–H groups in total. The van der Waals surface area contributed by atoms with Crippen molar-refractivity contribution in [3.05, 3.63) is 0 Å². The molecule has 14 heavy (non-hydrogen) atoms. The van der Waals surface area contributed by atoms with E-state index in [-0.39, 0.29) is 12.1 Å². The molecule has 0 aromatic rings. The Hall–Kier alpha value is -0.0800. The summed E-state index contributed by atoms with van der Waals surface area (Å²) in [6.45, 7) is 14.1. The largest absolute Gasteiger partial charge is 0.392 e. The molecule has 0 bridgehead atoms. The zero-order chi connectivity index (χ0) is 11.3. The highest BCUT2D eigenvalue weighted by molar-refractivity contribution is 4.77. The lowest BCUT2D eigenvalue weighted by Gasteiger charge is -2.36. The van der Waals surface area contributed by atoms with Gasteiger partial charge in [-0.1, -0.05) is 20.8 Å². The Morgan fingerprint density at radius 2 is 1.57 bits per heavy atom. The quantitative estimate of drug-likeness (QED) is 0.714. The van der Waals surface area contributed by atoms with Gasteiger partial charge in [0.15, 0.2) is 0 Å². The van der Waals surface area contributed by atoms with Crippen LogP contribution >= 0.6 is 0 Å². The Morgan fingerprint density at radius 3 is 1.86 bits per heavy atom. The SMILES string of the molecule is CCC(O)C(C)N(CC(C)C)C(C)C. The number of aliphatic hydroxyl groups excluding tert-OH is 1. The Bertz CT molecular complexity index is 145. The molecule has 0 saturated carbocycles. The maximum absolute atomic E-state index is 9.82. The van der Waals surface area contributed by atoms with Gasteiger partial charge in [-0.3, -0.25) is 4.90 Å². The van der Waals surface area contributed by atoms with E-state index in [1.165, 1.54) is 0 Å². The van der Waals surface area contributed by atoms with Crippen LogP contribution in [0.2, 0.25) is 0 Å². The van der Waals surface area contributed by atoms with Crippen LogP contribution in [-0.4, -0.2) is 34.7 Å². The van der Waals surface area contributed by atoms with Gasteiger partial charge in [-0.2, -0.15) is 0 Å². The smallest absolute Gasteiger partial charge is 0.0690 e. The number of rotatable bonds is 6. The van der Waals surface area contributed by atoms with Crippen LogP contribution in [-0.2, 0) is 0 Å². The molecule has 86 valence electrons. The average Bonchev–Trinajstić information content (AvgIpc) is 2.11.